The van der Waals surface area contributed by atoms with Crippen molar-refractivity contribution >= 4 is 30.0 Å². The number of carbonyl (C=O) groups excluding carboxylic acids is 3. The lowest BCUT2D eigenvalue weighted by Gasteiger charge is -2.29. The second kappa shape index (κ2) is 14.6. The molecule has 1 aromatic rings. The van der Waals surface area contributed by atoms with Crippen molar-refractivity contribution in [1.29, 1.82) is 10.7 Å². The van der Waals surface area contributed by atoms with Crippen LogP contribution in [0, 0.1) is 28.1 Å². The number of aliphatic hydroxyl groups excluding tert-OH is 1. The predicted molar refractivity (Wildman–Crippen MR) is 163 cm³/mol. The number of hydrogen-bond acceptors (Lipinski definition) is 11. The quantitative estimate of drug-likeness (QED) is 0.136. The predicted octanol–water partition coefficient (Wildman–Crippen LogP) is 2.19. The maximum Gasteiger partial charge on any atom is 0.323 e. The number of amidine groups is 1. The minimum atomic E-state index is -2.11. The lowest BCUT2D eigenvalue weighted by Crippen LogP contribution is -2.49. The van der Waals surface area contributed by atoms with Gasteiger partial charge < -0.3 is 40.1 Å². The number of aliphatic imine (C=N–C) groups is 1. The molecule has 14 nitrogen and oxygen atoms in total. The van der Waals surface area contributed by atoms with E-state index < -0.39 is 58.8 Å². The van der Waals surface area contributed by atoms with Gasteiger partial charge in [-0.3, -0.25) is 19.8 Å². The van der Waals surface area contributed by atoms with Crippen LogP contribution >= 0.6 is 0 Å². The van der Waals surface area contributed by atoms with Gasteiger partial charge in [0.1, 0.15) is 42.9 Å². The summed E-state index contributed by atoms with van der Waals surface area (Å²) in [5.74, 6) is -1.65. The molecule has 0 spiro atoms. The van der Waals surface area contributed by atoms with Crippen molar-refractivity contribution < 1.29 is 38.4 Å². The average Bonchev–Trinajstić information content (AvgIpc) is 3.59. The van der Waals surface area contributed by atoms with E-state index in [0.29, 0.717) is 0 Å². The number of nitrogens with zero attached hydrogens (tertiary/aromatic N) is 2. The number of esters is 2. The Balaban J connectivity index is 1.90. The molecule has 248 valence electrons. The fourth-order valence-corrected chi connectivity index (χ4v) is 5.21. The van der Waals surface area contributed by atoms with Gasteiger partial charge in [-0.15, -0.1) is 0 Å². The molecule has 1 saturated heterocycles. The van der Waals surface area contributed by atoms with Crippen molar-refractivity contribution in [3.05, 3.63) is 23.5 Å². The van der Waals surface area contributed by atoms with Crippen LogP contribution in [0.4, 0.5) is 0 Å². The molecule has 0 bridgehead atoms. The van der Waals surface area contributed by atoms with E-state index in [1.165, 1.54) is 19.2 Å². The Morgan fingerprint density at radius 2 is 1.93 bits per heavy atom. The first-order chi connectivity index (χ1) is 21.1. The van der Waals surface area contributed by atoms with Gasteiger partial charge in [0.25, 0.3) is 5.91 Å². The minimum Gasteiger partial charge on any atom is -0.463 e. The van der Waals surface area contributed by atoms with Crippen LogP contribution in [0.3, 0.4) is 0 Å². The summed E-state index contributed by atoms with van der Waals surface area (Å²) in [6.07, 6.45) is 1.74. The van der Waals surface area contributed by atoms with Crippen LogP contribution in [0.2, 0.25) is 0 Å². The molecule has 0 aromatic carbocycles. The van der Waals surface area contributed by atoms with Gasteiger partial charge in [0.2, 0.25) is 5.60 Å². The molecule has 0 unspecified atom stereocenters. The number of methoxy groups -OCH3 is 1. The average molecular weight is 631 g/mol. The largest absolute Gasteiger partial charge is 0.463 e. The van der Waals surface area contributed by atoms with Crippen LogP contribution in [0.15, 0.2) is 17.1 Å². The molecule has 1 saturated carbocycles. The molecule has 1 aliphatic heterocycles. The number of nitrogens with one attached hydrogen (secondary N) is 3. The molecule has 2 aliphatic rings. The van der Waals surface area contributed by atoms with Crippen LogP contribution in [-0.2, 0) is 38.9 Å². The third-order valence-electron chi connectivity index (χ3n) is 8.45. The fraction of sp³-hybridized carbons (Fsp3) is 0.677. The molecule has 1 aromatic heterocycles. The molecular formula is C31H46N6O8. The Kier molecular flexibility index (Phi) is 11.7. The minimum absolute atomic E-state index is 0.0441. The molecule has 1 aliphatic carbocycles. The SMILES string of the molecule is COC(C)(C)C(=O)NC(=NC=N)c1ccc([C@]2(C#N)O[C@H](COC(=O)CC3CCCCC3)[C@@H](OC(=O)[C@@H](N)C(C)(C)C)[C@H]2O)[nH]1. The first-order valence-corrected chi connectivity index (χ1v) is 15.1. The third-order valence-corrected chi connectivity index (χ3v) is 8.45. The Morgan fingerprint density at radius 1 is 1.27 bits per heavy atom. The maximum atomic E-state index is 13.0. The Hall–Kier alpha value is -3.64. The number of rotatable bonds is 11. The van der Waals surface area contributed by atoms with Gasteiger partial charge in [-0.05, 0) is 50.2 Å². The second-order valence-corrected chi connectivity index (χ2v) is 13.1. The smallest absolute Gasteiger partial charge is 0.323 e. The maximum absolute atomic E-state index is 13.0. The van der Waals surface area contributed by atoms with Crippen molar-refractivity contribution in [1.82, 2.24) is 10.3 Å². The molecule has 45 heavy (non-hydrogen) atoms. The lowest BCUT2D eigenvalue weighted by atomic mass is 9.87. The molecule has 2 heterocycles. The zero-order valence-corrected chi connectivity index (χ0v) is 26.8. The number of carbonyl (C=O) groups is 3. The van der Waals surface area contributed by atoms with Gasteiger partial charge in [0, 0.05) is 13.5 Å². The summed E-state index contributed by atoms with van der Waals surface area (Å²) < 4.78 is 22.5. The molecule has 14 heteroatoms. The Labute approximate surface area is 263 Å². The van der Waals surface area contributed by atoms with Gasteiger partial charge in [0.05, 0.1) is 11.4 Å². The van der Waals surface area contributed by atoms with E-state index in [1.807, 2.05) is 6.07 Å². The van der Waals surface area contributed by atoms with Crippen molar-refractivity contribution in [2.24, 2.45) is 22.1 Å². The topological polar surface area (TPSA) is 222 Å². The number of aliphatic hydroxyl groups is 1. The summed E-state index contributed by atoms with van der Waals surface area (Å²) in [4.78, 5) is 45.3. The van der Waals surface area contributed by atoms with Crippen LogP contribution in [0.25, 0.3) is 0 Å². The first-order valence-electron chi connectivity index (χ1n) is 15.1. The number of H-pyrrole nitrogens is 1. The molecule has 5 atom stereocenters. The summed E-state index contributed by atoms with van der Waals surface area (Å²) in [7, 11) is 1.37. The van der Waals surface area contributed by atoms with Crippen LogP contribution in [-0.4, -0.2) is 83.8 Å². The van der Waals surface area contributed by atoms with E-state index in [2.05, 4.69) is 15.3 Å². The highest BCUT2D eigenvalue weighted by atomic mass is 16.6. The third kappa shape index (κ3) is 8.35. The number of nitriles is 1. The van der Waals surface area contributed by atoms with Gasteiger partial charge in [-0.2, -0.15) is 5.26 Å². The van der Waals surface area contributed by atoms with E-state index in [-0.39, 0.29) is 36.2 Å². The molecule has 3 rings (SSSR count). The van der Waals surface area contributed by atoms with Crippen molar-refractivity contribution in [3.8, 4) is 6.07 Å². The summed E-state index contributed by atoms with van der Waals surface area (Å²) in [6, 6.07) is 3.84. The highest BCUT2D eigenvalue weighted by molar-refractivity contribution is 6.10. The molecule has 6 N–H and O–H groups in total. The number of ether oxygens (including phenoxy) is 4. The van der Waals surface area contributed by atoms with Gasteiger partial charge in [-0.25, -0.2) is 4.99 Å². The van der Waals surface area contributed by atoms with E-state index >= 15 is 0 Å². The normalized spacial score (nSPS) is 25.2. The standard InChI is InChI=1S/C31H46N6O8/c1-29(2,3)24(34)27(40)44-23-20(15-43-22(38)14-18-10-8-7-9-11-18)45-31(16-32,25(23)39)21-13-12-19(36-21)26(35-17-33)37-28(41)30(4,5)42-6/h12-13,17-18,20,23-25,36,39H,7-11,14-15,34H2,1-6H3,(H2,33,35,37,41)/t20-,23-,24-,25-,31+/m1/s1. The van der Waals surface area contributed by atoms with Crippen molar-refractivity contribution in [2.75, 3.05) is 13.7 Å². The fourth-order valence-electron chi connectivity index (χ4n) is 5.21. The zero-order valence-electron chi connectivity index (χ0n) is 26.8. The van der Waals surface area contributed by atoms with Gasteiger partial charge >= 0.3 is 11.9 Å². The first kappa shape index (κ1) is 35.8. The lowest BCUT2D eigenvalue weighted by molar-refractivity contribution is -0.163. The number of hydrogen-bond donors (Lipinski definition) is 5. The molecular weight excluding hydrogens is 584 g/mol. The summed E-state index contributed by atoms with van der Waals surface area (Å²) in [5, 5.41) is 32.0. The van der Waals surface area contributed by atoms with E-state index in [1.54, 1.807) is 34.6 Å². The van der Waals surface area contributed by atoms with Crippen LogP contribution in [0.1, 0.15) is 84.5 Å². The van der Waals surface area contributed by atoms with Crippen molar-refractivity contribution in [3.63, 3.8) is 0 Å². The van der Waals surface area contributed by atoms with Crippen LogP contribution in [0.5, 0.6) is 0 Å². The highest BCUT2D eigenvalue weighted by Gasteiger charge is 2.59. The van der Waals surface area contributed by atoms with Crippen LogP contribution < -0.4 is 11.1 Å². The molecule has 0 radical (unpaired) electrons. The van der Waals surface area contributed by atoms with E-state index in [0.717, 1.165) is 38.4 Å². The monoisotopic (exact) mass is 630 g/mol. The summed E-state index contributed by atoms with van der Waals surface area (Å²) >= 11 is 0. The highest BCUT2D eigenvalue weighted by Crippen LogP contribution is 2.41. The van der Waals surface area contributed by atoms with Gasteiger partial charge in [0.15, 0.2) is 11.9 Å². The Bertz CT molecular complexity index is 1310. The number of aromatic amines is 1. The summed E-state index contributed by atoms with van der Waals surface area (Å²) in [6.45, 7) is 7.98. The van der Waals surface area contributed by atoms with Crippen molar-refractivity contribution in [2.45, 2.75) is 109 Å². The number of aromatic nitrogens is 1. The molecule has 2 fully saturated rings. The number of nitrogens with two attached hydrogens (primary N) is 1. The second-order valence-electron chi connectivity index (χ2n) is 13.1. The molecule has 1 amide bonds. The van der Waals surface area contributed by atoms with E-state index in [9.17, 15) is 24.8 Å². The van der Waals surface area contributed by atoms with Gasteiger partial charge in [-0.1, -0.05) is 40.0 Å². The number of amides is 1. The van der Waals surface area contributed by atoms with E-state index in [4.69, 9.17) is 30.1 Å². The zero-order chi connectivity index (χ0) is 33.6. The summed E-state index contributed by atoms with van der Waals surface area (Å²) in [5.41, 5.74) is 2.35. The Morgan fingerprint density at radius 3 is 2.51 bits per heavy atom.